The minimum Gasteiger partial charge on any atom is -0.383 e. The van der Waals surface area contributed by atoms with Gasteiger partial charge in [-0.1, -0.05) is 6.92 Å². The van der Waals surface area contributed by atoms with Gasteiger partial charge in [0.1, 0.15) is 17.5 Å². The summed E-state index contributed by atoms with van der Waals surface area (Å²) >= 11 is 0. The molecule has 0 aliphatic rings. The van der Waals surface area contributed by atoms with Crippen LogP contribution in [0.4, 0.5) is 5.82 Å². The van der Waals surface area contributed by atoms with Crippen molar-refractivity contribution in [3.63, 3.8) is 0 Å². The normalized spacial score (nSPS) is 12.4. The zero-order valence-corrected chi connectivity index (χ0v) is 7.28. The molecule has 1 atom stereocenters. The number of nitrogens with two attached hydrogens (primary N) is 1. The van der Waals surface area contributed by atoms with Gasteiger partial charge in [-0.05, 0) is 13.3 Å². The van der Waals surface area contributed by atoms with Gasteiger partial charge in [0.15, 0.2) is 0 Å². The fourth-order valence-electron chi connectivity index (χ4n) is 0.982. The van der Waals surface area contributed by atoms with E-state index in [0.717, 1.165) is 6.42 Å². The molecule has 0 aromatic carbocycles. The van der Waals surface area contributed by atoms with Gasteiger partial charge >= 0.3 is 0 Å². The Labute approximate surface area is 71.6 Å². The predicted molar refractivity (Wildman–Crippen MR) is 46.4 cm³/mol. The Hall–Kier alpha value is -1.50. The summed E-state index contributed by atoms with van der Waals surface area (Å²) in [5.74, 6) is 0.465. The van der Waals surface area contributed by atoms with E-state index >= 15 is 0 Å². The minimum atomic E-state index is 0.257. The first kappa shape index (κ1) is 8.60. The monoisotopic (exact) mass is 164 g/mol. The van der Waals surface area contributed by atoms with Crippen molar-refractivity contribution in [2.75, 3.05) is 5.73 Å². The van der Waals surface area contributed by atoms with Gasteiger partial charge < -0.3 is 5.73 Å². The molecule has 12 heavy (non-hydrogen) atoms. The van der Waals surface area contributed by atoms with Crippen molar-refractivity contribution in [1.82, 2.24) is 9.78 Å². The fourth-order valence-corrected chi connectivity index (χ4v) is 0.982. The molecule has 0 bridgehead atoms. The fraction of sp³-hybridized carbons (Fsp3) is 0.500. The maximum Gasteiger partial charge on any atom is 0.140 e. The number of nitrogens with zero attached hydrogens (tertiary/aromatic N) is 3. The van der Waals surface area contributed by atoms with E-state index in [9.17, 15) is 0 Å². The van der Waals surface area contributed by atoms with E-state index in [1.165, 1.54) is 6.20 Å². The van der Waals surface area contributed by atoms with Gasteiger partial charge in [0.05, 0.1) is 12.2 Å². The van der Waals surface area contributed by atoms with Crippen molar-refractivity contribution >= 4 is 5.82 Å². The van der Waals surface area contributed by atoms with Crippen LogP contribution < -0.4 is 5.73 Å². The Bertz CT molecular complexity index is 307. The lowest BCUT2D eigenvalue weighted by Gasteiger charge is -2.10. The van der Waals surface area contributed by atoms with Crippen LogP contribution in [-0.2, 0) is 0 Å². The summed E-state index contributed by atoms with van der Waals surface area (Å²) < 4.78 is 1.68. The van der Waals surface area contributed by atoms with Crippen molar-refractivity contribution in [3.8, 4) is 6.07 Å². The smallest absolute Gasteiger partial charge is 0.140 e. The SMILES string of the molecule is CC[C@@H](C)n1ncc(C#N)c1N. The van der Waals surface area contributed by atoms with Crippen molar-refractivity contribution in [2.45, 2.75) is 26.3 Å². The maximum absolute atomic E-state index is 8.60. The number of aromatic nitrogens is 2. The number of hydrogen-bond acceptors (Lipinski definition) is 3. The summed E-state index contributed by atoms with van der Waals surface area (Å²) in [4.78, 5) is 0. The molecule has 1 heterocycles. The lowest BCUT2D eigenvalue weighted by molar-refractivity contribution is 0.485. The van der Waals surface area contributed by atoms with Gasteiger partial charge in [0.2, 0.25) is 0 Å². The zero-order chi connectivity index (χ0) is 9.14. The molecule has 4 nitrogen and oxygen atoms in total. The molecule has 0 unspecified atom stereocenters. The summed E-state index contributed by atoms with van der Waals surface area (Å²) in [5, 5.41) is 12.6. The van der Waals surface area contributed by atoms with Crippen molar-refractivity contribution in [1.29, 1.82) is 5.26 Å². The molecule has 1 rings (SSSR count). The van der Waals surface area contributed by atoms with Gasteiger partial charge in [-0.2, -0.15) is 10.4 Å². The second-order valence-electron chi connectivity index (χ2n) is 2.76. The van der Waals surface area contributed by atoms with Crippen molar-refractivity contribution in [3.05, 3.63) is 11.8 Å². The molecule has 0 spiro atoms. The predicted octanol–water partition coefficient (Wildman–Crippen LogP) is 1.31. The van der Waals surface area contributed by atoms with Crippen LogP contribution in [0.15, 0.2) is 6.20 Å². The highest BCUT2D eigenvalue weighted by molar-refractivity contribution is 5.47. The molecule has 0 aliphatic carbocycles. The first-order valence-corrected chi connectivity index (χ1v) is 3.93. The average Bonchev–Trinajstić information content (AvgIpc) is 2.45. The molecule has 1 aromatic heterocycles. The summed E-state index contributed by atoms with van der Waals surface area (Å²) in [6.07, 6.45) is 2.46. The van der Waals surface area contributed by atoms with E-state index in [4.69, 9.17) is 11.0 Å². The Kier molecular flexibility index (Phi) is 2.34. The lowest BCUT2D eigenvalue weighted by atomic mass is 10.2. The summed E-state index contributed by atoms with van der Waals surface area (Å²) in [5.41, 5.74) is 6.12. The molecule has 0 saturated carbocycles. The van der Waals surface area contributed by atoms with E-state index in [-0.39, 0.29) is 6.04 Å². The third-order valence-electron chi connectivity index (χ3n) is 1.96. The molecular weight excluding hydrogens is 152 g/mol. The second-order valence-corrected chi connectivity index (χ2v) is 2.76. The van der Waals surface area contributed by atoms with Crippen LogP contribution >= 0.6 is 0 Å². The van der Waals surface area contributed by atoms with Crippen LogP contribution in [0, 0.1) is 11.3 Å². The molecule has 0 saturated heterocycles. The molecule has 4 heteroatoms. The van der Waals surface area contributed by atoms with E-state index < -0.39 is 0 Å². The maximum atomic E-state index is 8.60. The summed E-state index contributed by atoms with van der Waals surface area (Å²) in [6.45, 7) is 4.07. The molecule has 0 amide bonds. The van der Waals surface area contributed by atoms with Crippen LogP contribution in [0.1, 0.15) is 31.9 Å². The first-order valence-electron chi connectivity index (χ1n) is 3.93. The molecule has 0 radical (unpaired) electrons. The zero-order valence-electron chi connectivity index (χ0n) is 7.28. The molecule has 64 valence electrons. The standard InChI is InChI=1S/C8H12N4/c1-3-6(2)12-8(10)7(4-9)5-11-12/h5-6H,3,10H2,1-2H3/t6-/m1/s1. The van der Waals surface area contributed by atoms with Gasteiger partial charge in [-0.3, -0.25) is 0 Å². The lowest BCUT2D eigenvalue weighted by Crippen LogP contribution is -2.09. The third kappa shape index (κ3) is 1.26. The Morgan fingerprint density at radius 3 is 2.92 bits per heavy atom. The average molecular weight is 164 g/mol. The molecule has 2 N–H and O–H groups in total. The van der Waals surface area contributed by atoms with Crippen LogP contribution in [0.25, 0.3) is 0 Å². The Morgan fingerprint density at radius 1 is 1.83 bits per heavy atom. The topological polar surface area (TPSA) is 67.6 Å². The summed E-state index contributed by atoms with van der Waals surface area (Å²) in [6, 6.07) is 2.24. The van der Waals surface area contributed by atoms with E-state index in [1.54, 1.807) is 4.68 Å². The van der Waals surface area contributed by atoms with Crippen molar-refractivity contribution < 1.29 is 0 Å². The minimum absolute atomic E-state index is 0.257. The first-order chi connectivity index (χ1) is 5.70. The third-order valence-corrected chi connectivity index (χ3v) is 1.96. The van der Waals surface area contributed by atoms with Gasteiger partial charge in [0.25, 0.3) is 0 Å². The number of hydrogen-bond donors (Lipinski definition) is 1. The van der Waals surface area contributed by atoms with Gasteiger partial charge in [-0.15, -0.1) is 0 Å². The highest BCUT2D eigenvalue weighted by Gasteiger charge is 2.10. The highest BCUT2D eigenvalue weighted by atomic mass is 15.3. The Morgan fingerprint density at radius 2 is 2.50 bits per heavy atom. The quantitative estimate of drug-likeness (QED) is 0.716. The van der Waals surface area contributed by atoms with Crippen LogP contribution in [0.5, 0.6) is 0 Å². The molecule has 0 aliphatic heterocycles. The molecule has 0 fully saturated rings. The number of nitrogen functional groups attached to an aromatic ring is 1. The number of nitriles is 1. The van der Waals surface area contributed by atoms with Gasteiger partial charge in [-0.25, -0.2) is 4.68 Å². The van der Waals surface area contributed by atoms with Crippen LogP contribution in [0.3, 0.4) is 0 Å². The van der Waals surface area contributed by atoms with E-state index in [0.29, 0.717) is 11.4 Å². The van der Waals surface area contributed by atoms with Crippen LogP contribution in [0.2, 0.25) is 0 Å². The second kappa shape index (κ2) is 3.26. The number of anilines is 1. The molecular formula is C8H12N4. The largest absolute Gasteiger partial charge is 0.383 e. The van der Waals surface area contributed by atoms with Gasteiger partial charge in [0, 0.05) is 0 Å². The highest BCUT2D eigenvalue weighted by Crippen LogP contribution is 2.17. The van der Waals surface area contributed by atoms with Crippen LogP contribution in [-0.4, -0.2) is 9.78 Å². The van der Waals surface area contributed by atoms with E-state index in [1.807, 2.05) is 13.0 Å². The van der Waals surface area contributed by atoms with E-state index in [2.05, 4.69) is 12.0 Å². The number of rotatable bonds is 2. The Balaban J connectivity index is 3.04. The van der Waals surface area contributed by atoms with Crippen molar-refractivity contribution in [2.24, 2.45) is 0 Å². The molecule has 1 aromatic rings. The summed E-state index contributed by atoms with van der Waals surface area (Å²) in [7, 11) is 0.